The highest BCUT2D eigenvalue weighted by Gasteiger charge is 2.31. The molecule has 3 unspecified atom stereocenters. The standard InChI is InChI=1S/C15H22O2S2/c1-10(2)17-13-7-5-4-6-12(13)14(16)15-11(3)18-8-9-19-15/h4-7,10-11,14-16H,8-9H2,1-3H3. The van der Waals surface area contributed by atoms with E-state index in [-0.39, 0.29) is 11.4 Å². The highest BCUT2D eigenvalue weighted by molar-refractivity contribution is 8.07. The Kier molecular flexibility index (Phi) is 5.48. The maximum atomic E-state index is 10.7. The lowest BCUT2D eigenvalue weighted by molar-refractivity contribution is 0.162. The number of ether oxygens (including phenoxy) is 1. The lowest BCUT2D eigenvalue weighted by Gasteiger charge is -2.32. The van der Waals surface area contributed by atoms with Gasteiger partial charge in [-0.1, -0.05) is 25.1 Å². The Bertz CT molecular complexity index is 409. The number of benzene rings is 1. The van der Waals surface area contributed by atoms with Crippen molar-refractivity contribution in [3.8, 4) is 5.75 Å². The SMILES string of the molecule is CC(C)Oc1ccccc1C(O)C1SCCSC1C. The summed E-state index contributed by atoms with van der Waals surface area (Å²) in [5.74, 6) is 3.11. The van der Waals surface area contributed by atoms with Gasteiger partial charge in [-0.3, -0.25) is 0 Å². The molecule has 4 heteroatoms. The van der Waals surface area contributed by atoms with E-state index in [1.807, 2.05) is 61.6 Å². The molecule has 1 aromatic rings. The first-order chi connectivity index (χ1) is 9.09. The minimum absolute atomic E-state index is 0.124. The zero-order chi connectivity index (χ0) is 13.8. The maximum absolute atomic E-state index is 10.7. The Hall–Kier alpha value is -0.320. The third-order valence-corrected chi connectivity index (χ3v) is 6.33. The summed E-state index contributed by atoms with van der Waals surface area (Å²) in [7, 11) is 0. The Balaban J connectivity index is 2.20. The van der Waals surface area contributed by atoms with E-state index in [9.17, 15) is 5.11 Å². The van der Waals surface area contributed by atoms with Gasteiger partial charge in [0.25, 0.3) is 0 Å². The minimum Gasteiger partial charge on any atom is -0.491 e. The van der Waals surface area contributed by atoms with Crippen molar-refractivity contribution < 1.29 is 9.84 Å². The van der Waals surface area contributed by atoms with Gasteiger partial charge >= 0.3 is 0 Å². The second-order valence-corrected chi connectivity index (χ2v) is 7.83. The van der Waals surface area contributed by atoms with E-state index in [4.69, 9.17) is 4.74 Å². The summed E-state index contributed by atoms with van der Waals surface area (Å²) >= 11 is 3.82. The van der Waals surface area contributed by atoms with Crippen molar-refractivity contribution in [3.05, 3.63) is 29.8 Å². The monoisotopic (exact) mass is 298 g/mol. The average molecular weight is 298 g/mol. The van der Waals surface area contributed by atoms with Crippen LogP contribution in [0.4, 0.5) is 0 Å². The topological polar surface area (TPSA) is 29.5 Å². The van der Waals surface area contributed by atoms with E-state index in [2.05, 4.69) is 6.92 Å². The fraction of sp³-hybridized carbons (Fsp3) is 0.600. The maximum Gasteiger partial charge on any atom is 0.125 e. The molecule has 0 amide bonds. The molecule has 1 saturated heterocycles. The molecule has 1 heterocycles. The summed E-state index contributed by atoms with van der Waals surface area (Å²) < 4.78 is 5.82. The molecule has 1 aromatic carbocycles. The third-order valence-electron chi connectivity index (χ3n) is 3.15. The van der Waals surface area contributed by atoms with E-state index in [0.717, 1.165) is 17.1 Å². The molecule has 0 aliphatic carbocycles. The molecule has 1 fully saturated rings. The Morgan fingerprint density at radius 1 is 1.21 bits per heavy atom. The quantitative estimate of drug-likeness (QED) is 0.917. The molecule has 3 atom stereocenters. The smallest absolute Gasteiger partial charge is 0.125 e. The van der Waals surface area contributed by atoms with Crippen LogP contribution in [0.2, 0.25) is 0 Å². The number of hydrogen-bond acceptors (Lipinski definition) is 4. The summed E-state index contributed by atoms with van der Waals surface area (Å²) in [5, 5.41) is 11.4. The van der Waals surface area contributed by atoms with Crippen molar-refractivity contribution in [3.63, 3.8) is 0 Å². The Morgan fingerprint density at radius 2 is 1.89 bits per heavy atom. The molecule has 0 saturated carbocycles. The number of para-hydroxylation sites is 1. The van der Waals surface area contributed by atoms with Crippen molar-refractivity contribution >= 4 is 23.5 Å². The molecule has 2 nitrogen and oxygen atoms in total. The van der Waals surface area contributed by atoms with Crippen LogP contribution in [0.1, 0.15) is 32.4 Å². The van der Waals surface area contributed by atoms with E-state index >= 15 is 0 Å². The zero-order valence-corrected chi connectivity index (χ0v) is 13.3. The lowest BCUT2D eigenvalue weighted by Crippen LogP contribution is -2.29. The number of rotatable bonds is 4. The van der Waals surface area contributed by atoms with Crippen LogP contribution in [-0.4, -0.2) is 33.2 Å². The van der Waals surface area contributed by atoms with Gasteiger partial charge in [-0.2, -0.15) is 23.5 Å². The van der Waals surface area contributed by atoms with Crippen molar-refractivity contribution in [2.24, 2.45) is 0 Å². The van der Waals surface area contributed by atoms with Crippen LogP contribution >= 0.6 is 23.5 Å². The molecule has 0 bridgehead atoms. The number of hydrogen-bond donors (Lipinski definition) is 1. The predicted octanol–water partition coefficient (Wildman–Crippen LogP) is 3.74. The minimum atomic E-state index is -0.456. The first kappa shape index (κ1) is 15.1. The van der Waals surface area contributed by atoms with E-state index in [0.29, 0.717) is 5.25 Å². The van der Waals surface area contributed by atoms with Gasteiger partial charge in [0.2, 0.25) is 0 Å². The van der Waals surface area contributed by atoms with Crippen LogP contribution in [0.3, 0.4) is 0 Å². The first-order valence-electron chi connectivity index (χ1n) is 6.76. The molecule has 2 rings (SSSR count). The van der Waals surface area contributed by atoms with Crippen LogP contribution in [0.15, 0.2) is 24.3 Å². The van der Waals surface area contributed by atoms with Crippen molar-refractivity contribution in [2.45, 2.75) is 43.5 Å². The van der Waals surface area contributed by atoms with Crippen molar-refractivity contribution in [1.82, 2.24) is 0 Å². The van der Waals surface area contributed by atoms with E-state index in [1.165, 1.54) is 5.75 Å². The molecular weight excluding hydrogens is 276 g/mol. The molecule has 1 aliphatic heterocycles. The summed E-state index contributed by atoms with van der Waals surface area (Å²) in [6.45, 7) is 6.23. The van der Waals surface area contributed by atoms with E-state index in [1.54, 1.807) is 0 Å². The molecule has 0 aromatic heterocycles. The van der Waals surface area contributed by atoms with Crippen molar-refractivity contribution in [1.29, 1.82) is 0 Å². The molecule has 1 aliphatic rings. The second-order valence-electron chi connectivity index (χ2n) is 5.06. The van der Waals surface area contributed by atoms with Crippen LogP contribution in [-0.2, 0) is 0 Å². The predicted molar refractivity (Wildman–Crippen MR) is 85.3 cm³/mol. The third kappa shape index (κ3) is 3.83. The fourth-order valence-electron chi connectivity index (χ4n) is 2.26. The Labute approximate surface area is 124 Å². The van der Waals surface area contributed by atoms with Gasteiger partial charge < -0.3 is 9.84 Å². The molecule has 19 heavy (non-hydrogen) atoms. The molecule has 0 spiro atoms. The highest BCUT2D eigenvalue weighted by Crippen LogP contribution is 2.40. The van der Waals surface area contributed by atoms with Gasteiger partial charge in [0, 0.05) is 27.6 Å². The lowest BCUT2D eigenvalue weighted by atomic mass is 10.0. The summed E-state index contributed by atoms with van der Waals surface area (Å²) in [6.07, 6.45) is -0.332. The average Bonchev–Trinajstić information content (AvgIpc) is 2.38. The van der Waals surface area contributed by atoms with Gasteiger partial charge in [0.15, 0.2) is 0 Å². The van der Waals surface area contributed by atoms with Gasteiger partial charge in [0.1, 0.15) is 5.75 Å². The summed E-state index contributed by atoms with van der Waals surface area (Å²) in [4.78, 5) is 0. The summed E-state index contributed by atoms with van der Waals surface area (Å²) in [6, 6.07) is 7.86. The first-order valence-corrected chi connectivity index (χ1v) is 8.86. The van der Waals surface area contributed by atoms with Crippen LogP contribution in [0.5, 0.6) is 5.75 Å². The summed E-state index contributed by atoms with van der Waals surface area (Å²) in [5.41, 5.74) is 0.919. The molecular formula is C15H22O2S2. The Morgan fingerprint density at radius 3 is 2.58 bits per heavy atom. The van der Waals surface area contributed by atoms with Crippen LogP contribution in [0.25, 0.3) is 0 Å². The van der Waals surface area contributed by atoms with Gasteiger partial charge in [0.05, 0.1) is 12.2 Å². The van der Waals surface area contributed by atoms with E-state index < -0.39 is 6.10 Å². The number of aliphatic hydroxyl groups excluding tert-OH is 1. The second kappa shape index (κ2) is 6.91. The van der Waals surface area contributed by atoms with Crippen LogP contribution in [0, 0.1) is 0 Å². The molecule has 0 radical (unpaired) electrons. The van der Waals surface area contributed by atoms with Gasteiger partial charge in [-0.25, -0.2) is 0 Å². The van der Waals surface area contributed by atoms with Gasteiger partial charge in [-0.05, 0) is 19.9 Å². The molecule has 1 N–H and O–H groups in total. The van der Waals surface area contributed by atoms with Gasteiger partial charge in [-0.15, -0.1) is 0 Å². The van der Waals surface area contributed by atoms with Crippen LogP contribution < -0.4 is 4.74 Å². The zero-order valence-electron chi connectivity index (χ0n) is 11.7. The van der Waals surface area contributed by atoms with Crippen molar-refractivity contribution in [2.75, 3.05) is 11.5 Å². The number of thioether (sulfide) groups is 2. The highest BCUT2D eigenvalue weighted by atomic mass is 32.2. The largest absolute Gasteiger partial charge is 0.491 e. The fourth-order valence-corrected chi connectivity index (χ4v) is 5.08. The molecule has 106 valence electrons. The number of aliphatic hydroxyl groups is 1. The normalized spacial score (nSPS) is 25.3.